The molecule has 0 atom stereocenters. The number of hydrogen-bond acceptors (Lipinski definition) is 3. The first-order valence-electron chi connectivity index (χ1n) is 8.82. The fourth-order valence-corrected chi connectivity index (χ4v) is 3.10. The lowest BCUT2D eigenvalue weighted by atomic mass is 10.0. The van der Waals surface area contributed by atoms with E-state index in [0.29, 0.717) is 10.6 Å². The molecule has 0 radical (unpaired) electrons. The summed E-state index contributed by atoms with van der Waals surface area (Å²) in [7, 11) is 0. The third-order valence-corrected chi connectivity index (χ3v) is 4.65. The van der Waals surface area contributed by atoms with Gasteiger partial charge in [0, 0.05) is 11.1 Å². The Bertz CT molecular complexity index is 1090. The molecule has 0 bridgehead atoms. The van der Waals surface area contributed by atoms with Crippen LogP contribution in [-0.2, 0) is 16.0 Å². The predicted molar refractivity (Wildman–Crippen MR) is 120 cm³/mol. The number of benzene rings is 3. The second-order valence-electron chi connectivity index (χ2n) is 6.16. The van der Waals surface area contributed by atoms with Crippen LogP contribution in [0.3, 0.4) is 0 Å². The van der Waals surface area contributed by atoms with Gasteiger partial charge >= 0.3 is 0 Å². The molecular weight excluding hydrogens is 406 g/mol. The van der Waals surface area contributed by atoms with E-state index in [-0.39, 0.29) is 17.4 Å². The van der Waals surface area contributed by atoms with Gasteiger partial charge in [0.2, 0.25) is 11.8 Å². The number of hydrogen-bond donors (Lipinski definition) is 3. The van der Waals surface area contributed by atoms with E-state index in [1.807, 2.05) is 48.5 Å². The fourth-order valence-electron chi connectivity index (χ4n) is 2.75. The van der Waals surface area contributed by atoms with Gasteiger partial charge in [-0.3, -0.25) is 25.8 Å². The molecule has 0 spiro atoms. The van der Waals surface area contributed by atoms with Crippen molar-refractivity contribution >= 4 is 57.6 Å². The zero-order valence-electron chi connectivity index (χ0n) is 15.3. The topological polar surface area (TPSA) is 70.2 Å². The summed E-state index contributed by atoms with van der Waals surface area (Å²) in [5, 5.41) is 5.07. The van der Waals surface area contributed by atoms with Crippen LogP contribution in [0, 0.1) is 0 Å². The summed E-state index contributed by atoms with van der Waals surface area (Å²) in [6.45, 7) is 0. The molecule has 0 fully saturated rings. The Morgan fingerprint density at radius 2 is 1.66 bits per heavy atom. The van der Waals surface area contributed by atoms with E-state index in [4.69, 9.17) is 23.8 Å². The third kappa shape index (κ3) is 5.88. The van der Waals surface area contributed by atoms with Crippen molar-refractivity contribution in [3.8, 4) is 0 Å². The molecule has 0 heterocycles. The molecule has 3 aromatic carbocycles. The largest absolute Gasteiger partial charge is 0.298 e. The lowest BCUT2D eigenvalue weighted by Crippen LogP contribution is -2.48. The second kappa shape index (κ2) is 9.82. The van der Waals surface area contributed by atoms with Crippen molar-refractivity contribution in [1.29, 1.82) is 0 Å². The Labute approximate surface area is 178 Å². The van der Waals surface area contributed by atoms with Crippen molar-refractivity contribution in [2.45, 2.75) is 6.42 Å². The maximum Gasteiger partial charge on any atom is 0.250 e. The number of hydrazine groups is 1. The predicted octanol–water partition coefficient (Wildman–Crippen LogP) is 3.77. The second-order valence-corrected chi connectivity index (χ2v) is 6.98. The normalized spacial score (nSPS) is 10.7. The highest BCUT2D eigenvalue weighted by molar-refractivity contribution is 7.80. The Hall–Kier alpha value is -3.22. The molecule has 3 aromatic rings. The molecule has 0 saturated heterocycles. The molecule has 146 valence electrons. The first kappa shape index (κ1) is 20.5. The summed E-state index contributed by atoms with van der Waals surface area (Å²) in [4.78, 5) is 24.2. The van der Waals surface area contributed by atoms with Gasteiger partial charge in [0.15, 0.2) is 5.11 Å². The SMILES string of the molecule is O=C(C=Cc1ccccc1Cl)NC(=S)NNC(=O)Cc1cccc2ccccc12. The lowest BCUT2D eigenvalue weighted by molar-refractivity contribution is -0.121. The van der Waals surface area contributed by atoms with Crippen LogP contribution in [0.4, 0.5) is 0 Å². The van der Waals surface area contributed by atoms with E-state index >= 15 is 0 Å². The van der Waals surface area contributed by atoms with Gasteiger partial charge in [0.25, 0.3) is 0 Å². The maximum atomic E-state index is 12.2. The quantitative estimate of drug-likeness (QED) is 0.339. The molecule has 5 nitrogen and oxygen atoms in total. The van der Waals surface area contributed by atoms with Crippen LogP contribution in [0.1, 0.15) is 11.1 Å². The molecule has 0 aromatic heterocycles. The maximum absolute atomic E-state index is 12.2. The standard InChI is InChI=1S/C22H18ClN3O2S/c23-19-11-4-2-7-16(19)12-13-20(27)24-22(29)26-25-21(28)14-17-9-5-8-15-6-1-3-10-18(15)17/h1-13H,14H2,(H,25,28)(H2,24,26,27,29). The fraction of sp³-hybridized carbons (Fsp3) is 0.0455. The summed E-state index contributed by atoms with van der Waals surface area (Å²) >= 11 is 11.1. The average molecular weight is 424 g/mol. The Morgan fingerprint density at radius 1 is 0.931 bits per heavy atom. The van der Waals surface area contributed by atoms with Gasteiger partial charge < -0.3 is 0 Å². The monoisotopic (exact) mass is 423 g/mol. The molecule has 3 N–H and O–H groups in total. The van der Waals surface area contributed by atoms with Gasteiger partial charge in [-0.15, -0.1) is 0 Å². The van der Waals surface area contributed by atoms with Gasteiger partial charge in [-0.25, -0.2) is 0 Å². The van der Waals surface area contributed by atoms with E-state index in [1.165, 1.54) is 6.08 Å². The van der Waals surface area contributed by atoms with Crippen LogP contribution in [0.2, 0.25) is 5.02 Å². The smallest absolute Gasteiger partial charge is 0.250 e. The van der Waals surface area contributed by atoms with E-state index in [9.17, 15) is 9.59 Å². The van der Waals surface area contributed by atoms with E-state index in [0.717, 1.165) is 16.3 Å². The number of amides is 2. The molecule has 0 unspecified atom stereocenters. The zero-order chi connectivity index (χ0) is 20.6. The van der Waals surface area contributed by atoms with Crippen molar-refractivity contribution in [1.82, 2.24) is 16.2 Å². The summed E-state index contributed by atoms with van der Waals surface area (Å²) in [6.07, 6.45) is 3.07. The summed E-state index contributed by atoms with van der Waals surface area (Å²) in [5.74, 6) is -0.713. The average Bonchev–Trinajstić information content (AvgIpc) is 2.72. The Kier molecular flexibility index (Phi) is 6.94. The Morgan fingerprint density at radius 3 is 2.48 bits per heavy atom. The highest BCUT2D eigenvalue weighted by Gasteiger charge is 2.08. The van der Waals surface area contributed by atoms with E-state index < -0.39 is 5.91 Å². The zero-order valence-corrected chi connectivity index (χ0v) is 16.9. The van der Waals surface area contributed by atoms with Crippen molar-refractivity contribution in [3.63, 3.8) is 0 Å². The number of fused-ring (bicyclic) bond motifs is 1. The van der Waals surface area contributed by atoms with Crippen molar-refractivity contribution in [3.05, 3.63) is 89.0 Å². The third-order valence-electron chi connectivity index (χ3n) is 4.10. The van der Waals surface area contributed by atoms with Crippen molar-refractivity contribution < 1.29 is 9.59 Å². The van der Waals surface area contributed by atoms with Gasteiger partial charge in [-0.1, -0.05) is 72.3 Å². The van der Waals surface area contributed by atoms with E-state index in [2.05, 4.69) is 16.2 Å². The van der Waals surface area contributed by atoms with Crippen LogP contribution < -0.4 is 16.2 Å². The lowest BCUT2D eigenvalue weighted by Gasteiger charge is -2.11. The first-order chi connectivity index (χ1) is 14.0. The highest BCUT2D eigenvalue weighted by atomic mass is 35.5. The summed E-state index contributed by atoms with van der Waals surface area (Å²) < 4.78 is 0. The molecule has 0 aliphatic rings. The van der Waals surface area contributed by atoms with Crippen LogP contribution in [0.5, 0.6) is 0 Å². The number of halogens is 1. The van der Waals surface area contributed by atoms with Gasteiger partial charge in [0.1, 0.15) is 0 Å². The highest BCUT2D eigenvalue weighted by Crippen LogP contribution is 2.18. The molecule has 0 saturated carbocycles. The molecule has 29 heavy (non-hydrogen) atoms. The van der Waals surface area contributed by atoms with Gasteiger partial charge in [-0.05, 0) is 46.3 Å². The molecule has 2 amide bonds. The van der Waals surface area contributed by atoms with Gasteiger partial charge in [-0.2, -0.15) is 0 Å². The van der Waals surface area contributed by atoms with Crippen LogP contribution in [0.15, 0.2) is 72.8 Å². The Balaban J connectivity index is 1.49. The number of carbonyl (C=O) groups excluding carboxylic acids is 2. The van der Waals surface area contributed by atoms with E-state index in [1.54, 1.807) is 24.3 Å². The minimum Gasteiger partial charge on any atom is -0.298 e. The first-order valence-corrected chi connectivity index (χ1v) is 9.60. The number of nitrogens with one attached hydrogen (secondary N) is 3. The number of rotatable bonds is 4. The molecule has 3 rings (SSSR count). The molecular formula is C22H18ClN3O2S. The summed E-state index contributed by atoms with van der Waals surface area (Å²) in [5.41, 5.74) is 6.64. The van der Waals surface area contributed by atoms with Crippen LogP contribution in [-0.4, -0.2) is 16.9 Å². The molecule has 0 aliphatic carbocycles. The molecule has 0 aliphatic heterocycles. The van der Waals surface area contributed by atoms with Crippen molar-refractivity contribution in [2.75, 3.05) is 0 Å². The molecule has 7 heteroatoms. The minimum atomic E-state index is -0.439. The number of thiocarbonyl (C=S) groups is 1. The summed E-state index contributed by atoms with van der Waals surface area (Å²) in [6, 6.07) is 20.8. The van der Waals surface area contributed by atoms with Crippen LogP contribution in [0.25, 0.3) is 16.8 Å². The van der Waals surface area contributed by atoms with Crippen LogP contribution >= 0.6 is 23.8 Å². The van der Waals surface area contributed by atoms with Crippen molar-refractivity contribution in [2.24, 2.45) is 0 Å². The number of carbonyl (C=O) groups is 2. The van der Waals surface area contributed by atoms with Gasteiger partial charge in [0.05, 0.1) is 6.42 Å². The minimum absolute atomic E-state index is 0.00919.